The van der Waals surface area contributed by atoms with Gasteiger partial charge in [0.05, 0.1) is 21.8 Å². The minimum Gasteiger partial charge on any atom is -0.352 e. The molecule has 7 nitrogen and oxygen atoms in total. The van der Waals surface area contributed by atoms with E-state index in [0.717, 1.165) is 18.8 Å². The Kier molecular flexibility index (Phi) is 4.82. The summed E-state index contributed by atoms with van der Waals surface area (Å²) >= 11 is 9.21. The molecule has 1 spiro atoms. The maximum absolute atomic E-state index is 14.5. The number of anilines is 3. The smallest absolute Gasteiger partial charge is 0.246 e. The van der Waals surface area contributed by atoms with Gasteiger partial charge in [0, 0.05) is 24.1 Å². The van der Waals surface area contributed by atoms with E-state index in [9.17, 15) is 9.18 Å². The molecule has 1 aromatic carbocycles. The summed E-state index contributed by atoms with van der Waals surface area (Å²) in [5, 5.41) is 2.97. The number of fused-ring (bicyclic) bond motifs is 1. The van der Waals surface area contributed by atoms with Gasteiger partial charge < -0.3 is 15.1 Å². The highest BCUT2D eigenvalue weighted by molar-refractivity contribution is 9.10. The van der Waals surface area contributed by atoms with Crippen molar-refractivity contribution < 1.29 is 9.18 Å². The highest BCUT2D eigenvalue weighted by Gasteiger charge is 2.55. The van der Waals surface area contributed by atoms with Gasteiger partial charge in [0.15, 0.2) is 11.6 Å². The van der Waals surface area contributed by atoms with Gasteiger partial charge in [-0.3, -0.25) is 4.79 Å². The summed E-state index contributed by atoms with van der Waals surface area (Å²) in [6.45, 7) is 5.75. The summed E-state index contributed by atoms with van der Waals surface area (Å²) in [4.78, 5) is 29.2. The zero-order valence-corrected chi connectivity index (χ0v) is 18.6. The Bertz CT molecular complexity index is 1230. The third-order valence-corrected chi connectivity index (χ3v) is 7.12. The molecule has 2 saturated heterocycles. The van der Waals surface area contributed by atoms with Gasteiger partial charge in [-0.2, -0.15) is 0 Å². The predicted octanol–water partition coefficient (Wildman–Crippen LogP) is 4.30. The fourth-order valence-electron chi connectivity index (χ4n) is 4.10. The summed E-state index contributed by atoms with van der Waals surface area (Å²) in [6.07, 6.45) is 3.73. The second-order valence-corrected chi connectivity index (χ2v) is 8.86. The van der Waals surface area contributed by atoms with Crippen molar-refractivity contribution in [3.05, 3.63) is 58.6 Å². The molecule has 3 aromatic rings. The standard InChI is InChI=1S/C21H17BrClFN6O/c1-2-16(31)30-8-7-21(30)9-29(10-21)15-6-5-14-19(28-15)20(26-11-25-14)27-13-4-3-12(22)17(23)18(13)24/h2-6,11H,1,7-10H2,(H,25,26,27). The molecular weight excluding hydrogens is 487 g/mol. The molecule has 2 aliphatic heterocycles. The lowest BCUT2D eigenvalue weighted by atomic mass is 9.77. The summed E-state index contributed by atoms with van der Waals surface area (Å²) in [6, 6.07) is 6.98. The molecule has 1 N–H and O–H groups in total. The van der Waals surface area contributed by atoms with Gasteiger partial charge in [0.2, 0.25) is 5.91 Å². The first-order chi connectivity index (χ1) is 14.9. The van der Waals surface area contributed by atoms with Crippen LogP contribution in [0.25, 0.3) is 11.0 Å². The molecule has 0 bridgehead atoms. The third kappa shape index (κ3) is 3.23. The van der Waals surface area contributed by atoms with Crippen LogP contribution in [0.4, 0.5) is 21.7 Å². The molecule has 0 radical (unpaired) electrons. The van der Waals surface area contributed by atoms with Crippen molar-refractivity contribution in [2.24, 2.45) is 0 Å². The van der Waals surface area contributed by atoms with Crippen LogP contribution in [0.1, 0.15) is 6.42 Å². The summed E-state index contributed by atoms with van der Waals surface area (Å²) in [5.41, 5.74) is 1.21. The molecule has 2 aliphatic rings. The minimum absolute atomic E-state index is 0.0120. The molecule has 2 aromatic heterocycles. The normalized spacial score (nSPS) is 16.7. The maximum Gasteiger partial charge on any atom is 0.246 e. The molecule has 4 heterocycles. The fraction of sp³-hybridized carbons (Fsp3) is 0.238. The second kappa shape index (κ2) is 7.42. The zero-order chi connectivity index (χ0) is 21.8. The predicted molar refractivity (Wildman–Crippen MR) is 121 cm³/mol. The molecule has 158 valence electrons. The van der Waals surface area contributed by atoms with Gasteiger partial charge in [0.1, 0.15) is 17.7 Å². The average Bonchev–Trinajstić information content (AvgIpc) is 2.72. The Morgan fingerprint density at radius 3 is 2.81 bits per heavy atom. The van der Waals surface area contributed by atoms with E-state index in [-0.39, 0.29) is 22.2 Å². The number of hydrogen-bond donors (Lipinski definition) is 1. The first-order valence-electron chi connectivity index (χ1n) is 9.63. The van der Waals surface area contributed by atoms with E-state index >= 15 is 0 Å². The van der Waals surface area contributed by atoms with Gasteiger partial charge >= 0.3 is 0 Å². The lowest BCUT2D eigenvalue weighted by Crippen LogP contribution is -2.78. The summed E-state index contributed by atoms with van der Waals surface area (Å²) < 4.78 is 15.0. The maximum atomic E-state index is 14.5. The Morgan fingerprint density at radius 2 is 2.10 bits per heavy atom. The number of likely N-dealkylation sites (tertiary alicyclic amines) is 1. The lowest BCUT2D eigenvalue weighted by Gasteiger charge is -2.62. The number of nitrogens with zero attached hydrogens (tertiary/aromatic N) is 5. The van der Waals surface area contributed by atoms with Crippen molar-refractivity contribution in [3.63, 3.8) is 0 Å². The van der Waals surface area contributed by atoms with Crippen LogP contribution >= 0.6 is 27.5 Å². The molecule has 0 atom stereocenters. The fourth-order valence-corrected chi connectivity index (χ4v) is 4.57. The average molecular weight is 504 g/mol. The lowest BCUT2D eigenvalue weighted by molar-refractivity contribution is -0.144. The van der Waals surface area contributed by atoms with Crippen LogP contribution in [0.15, 0.2) is 47.7 Å². The SMILES string of the molecule is C=CC(=O)N1CCC12CN(c1ccc3ncnc(Nc4ccc(Br)c(Cl)c4F)c3n1)C2. The Hall–Kier alpha value is -2.78. The van der Waals surface area contributed by atoms with E-state index in [2.05, 4.69) is 42.7 Å². The zero-order valence-electron chi connectivity index (χ0n) is 16.3. The van der Waals surface area contributed by atoms with E-state index in [0.29, 0.717) is 34.4 Å². The number of nitrogens with one attached hydrogen (secondary N) is 1. The molecule has 5 rings (SSSR count). The van der Waals surface area contributed by atoms with Gasteiger partial charge in [-0.1, -0.05) is 18.2 Å². The Labute approximate surface area is 191 Å². The van der Waals surface area contributed by atoms with E-state index in [1.165, 1.54) is 12.4 Å². The van der Waals surface area contributed by atoms with E-state index in [1.54, 1.807) is 12.1 Å². The number of carbonyl (C=O) groups is 1. The number of rotatable bonds is 4. The van der Waals surface area contributed by atoms with Crippen LogP contribution in [0.3, 0.4) is 0 Å². The highest BCUT2D eigenvalue weighted by Crippen LogP contribution is 2.41. The topological polar surface area (TPSA) is 74.2 Å². The van der Waals surface area contributed by atoms with Crippen molar-refractivity contribution in [2.75, 3.05) is 29.9 Å². The van der Waals surface area contributed by atoms with Gasteiger partial charge in [0.25, 0.3) is 0 Å². The molecule has 2 fully saturated rings. The third-order valence-electron chi connectivity index (χ3n) is 5.86. The van der Waals surface area contributed by atoms with Crippen molar-refractivity contribution in [1.82, 2.24) is 19.9 Å². The number of benzene rings is 1. The number of carbonyl (C=O) groups excluding carboxylic acids is 1. The molecule has 0 aliphatic carbocycles. The molecular formula is C21H17BrClFN6O. The minimum atomic E-state index is -0.583. The number of pyridine rings is 1. The van der Waals surface area contributed by atoms with Crippen LogP contribution in [0.5, 0.6) is 0 Å². The Morgan fingerprint density at radius 1 is 1.29 bits per heavy atom. The van der Waals surface area contributed by atoms with E-state index in [4.69, 9.17) is 16.6 Å². The van der Waals surface area contributed by atoms with Crippen molar-refractivity contribution in [2.45, 2.75) is 12.0 Å². The van der Waals surface area contributed by atoms with Gasteiger partial charge in [-0.05, 0) is 52.7 Å². The first kappa shape index (κ1) is 20.1. The Balaban J connectivity index is 1.43. The molecule has 31 heavy (non-hydrogen) atoms. The van der Waals surface area contributed by atoms with Crippen LogP contribution < -0.4 is 10.2 Å². The van der Waals surface area contributed by atoms with Gasteiger partial charge in [-0.25, -0.2) is 19.3 Å². The quantitative estimate of drug-likeness (QED) is 0.423. The summed E-state index contributed by atoms with van der Waals surface area (Å²) in [7, 11) is 0. The van der Waals surface area contributed by atoms with Crippen LogP contribution in [-0.4, -0.2) is 50.9 Å². The number of hydrogen-bond acceptors (Lipinski definition) is 6. The van der Waals surface area contributed by atoms with Crippen LogP contribution in [0.2, 0.25) is 5.02 Å². The van der Waals surface area contributed by atoms with Crippen LogP contribution in [-0.2, 0) is 4.79 Å². The monoisotopic (exact) mass is 502 g/mol. The summed E-state index contributed by atoms with van der Waals surface area (Å²) in [5.74, 6) is 0.516. The van der Waals surface area contributed by atoms with E-state index in [1.807, 2.05) is 17.0 Å². The molecule has 0 saturated carbocycles. The van der Waals surface area contributed by atoms with Crippen molar-refractivity contribution >= 4 is 61.8 Å². The number of aromatic nitrogens is 3. The molecule has 10 heteroatoms. The van der Waals surface area contributed by atoms with Crippen molar-refractivity contribution in [3.8, 4) is 0 Å². The van der Waals surface area contributed by atoms with E-state index < -0.39 is 5.82 Å². The number of halogens is 3. The van der Waals surface area contributed by atoms with Crippen LogP contribution in [0, 0.1) is 5.82 Å². The first-order valence-corrected chi connectivity index (χ1v) is 10.8. The largest absolute Gasteiger partial charge is 0.352 e. The number of amides is 1. The molecule has 1 amide bonds. The van der Waals surface area contributed by atoms with Gasteiger partial charge in [-0.15, -0.1) is 0 Å². The highest BCUT2D eigenvalue weighted by atomic mass is 79.9. The molecule has 0 unspecified atom stereocenters. The van der Waals surface area contributed by atoms with Crippen molar-refractivity contribution in [1.29, 1.82) is 0 Å². The second-order valence-electron chi connectivity index (χ2n) is 7.63.